The maximum atomic E-state index is 12.3. The van der Waals surface area contributed by atoms with Gasteiger partial charge in [-0.25, -0.2) is 14.4 Å². The van der Waals surface area contributed by atoms with Crippen molar-refractivity contribution in [1.29, 1.82) is 0 Å². The van der Waals surface area contributed by atoms with Crippen molar-refractivity contribution in [3.05, 3.63) is 255 Å². The summed E-state index contributed by atoms with van der Waals surface area (Å²) >= 11 is 36.1. The Morgan fingerprint density at radius 3 is 1.22 bits per heavy atom. The molecule has 0 saturated carbocycles. The molecule has 10 rings (SSSR count). The van der Waals surface area contributed by atoms with Crippen LogP contribution in [0, 0.1) is 17.8 Å². The van der Waals surface area contributed by atoms with Crippen molar-refractivity contribution >= 4 is 199 Å². The summed E-state index contributed by atoms with van der Waals surface area (Å²) < 4.78 is 100. The quantitative estimate of drug-likeness (QED) is 0.00721. The minimum Gasteiger partial charge on any atom is -0.870 e. The van der Waals surface area contributed by atoms with E-state index in [-0.39, 0.29) is 141 Å². The van der Waals surface area contributed by atoms with Crippen LogP contribution in [0.15, 0.2) is 217 Å². The minimum absolute atomic E-state index is 0. The van der Waals surface area contributed by atoms with Crippen LogP contribution in [0.2, 0.25) is 19.6 Å². The minimum atomic E-state index is -4.67. The fourth-order valence-corrected chi connectivity index (χ4v) is 14.5. The largest absolute Gasteiger partial charge is 1.00 e. The van der Waals surface area contributed by atoms with Gasteiger partial charge in [0.05, 0.1) is 63.6 Å². The Morgan fingerprint density at radius 2 is 0.885 bits per heavy atom. The van der Waals surface area contributed by atoms with Crippen LogP contribution in [-0.4, -0.2) is 232 Å². The van der Waals surface area contributed by atoms with Crippen LogP contribution in [0.5, 0.6) is 0 Å². The number of carbonyl (C=O) groups is 7. The second kappa shape index (κ2) is 79.8. The van der Waals surface area contributed by atoms with E-state index in [1.54, 1.807) is 24.2 Å². The number of likely N-dealkylation sites (tertiary alicyclic amines) is 2. The number of aliphatic carboxylic acids is 1. The van der Waals surface area contributed by atoms with Crippen molar-refractivity contribution in [1.82, 2.24) is 19.7 Å². The molecule has 0 bridgehead atoms. The van der Waals surface area contributed by atoms with Crippen LogP contribution in [-0.2, 0) is 101 Å². The first-order valence-electron chi connectivity index (χ1n) is 36.7. The molecule has 7 aromatic carbocycles. The standard InChI is InChI=1S/C19H20BrNO2.C17H22BrNO4.C12H14BrNO2.C12H21NOSi.C10H9BrO2.C9H7BrO2.C2HF3O.2CH2Cl2.2CH4O.2CH4.Li.H2O4S.3H2O.Pd/c1-23-19(22)18-13-21(11-14-6-3-2-4-7-14)12-17(18)15-8-5-9-16(20)10-15;1-17(2,3)23-16(21)19-9-13(14(10-19)15(20)22-4)11-6-5-7-12(18)8-11;1-16-12(15)11-7-14-6-10(11)8-3-2-4-9(13)5-8;1-14-11-13(15(2,3)4)10-12-8-6-5-7-9-12;1-13-10(12)6-5-8-3-2-4-9(11)7-8;10-8-3-1-2-7(6-8)4-5-9(11)12;3-2(4,5)1-6;2*2-1-3;2*1-2;;;;1-5(2,3)4;;;;/h2-10,17-18H,11-13H2,1H3;5-8,13-14H,9-10H2,1-4H3;2-5,10-11,14H,6-7H2,1H3;5-9H,10-11H2,1-4H3;2-7H,1H3;1-6H,(H,11,12);1H;2*1H2;2*2H,1H3;2*1H4;;(H2,1,2,3,4);3*1H2;/q;;;;;;;;;;;;;+1;;;;;/p-1/b;;;;6-5+;5-4+;;;;;;;;;;;;;/t17-,18+;13-,14+;10-,11+;;;;;;;;;;;;;;;;/m111................/s1. The maximum absolute atomic E-state index is 12.3. The molecule has 0 aliphatic carbocycles. The number of carbonyl (C=O) groups excluding carboxylic acids is 6. The van der Waals surface area contributed by atoms with Gasteiger partial charge in [-0.15, -0.1) is 46.4 Å². The molecule has 732 valence electrons. The SMILES string of the molecule is C.C.CO.CO.COC(=O)/C=C/c1cccc(Br)c1.COC(=O)[C@H]1CN(C(=O)OC(C)(C)C)C[C@@H]1c1cccc(Br)c1.COC(=O)[C@H]1CN(Cc2ccccc2)C[C@@H]1c1cccc(Br)c1.COC(=O)[C@H]1CNC[C@@H]1c1cccc(Br)c1.COCN(Cc1ccccc1)[Si](C)(C)C.ClCCl.ClCCl.O.O.O=C(O)/C=C/c1cccc(Br)c1.O=CC(F)(F)F.O=S(=O)(O)O.[Li+].[OH-].[Pd]. The van der Waals surface area contributed by atoms with Gasteiger partial charge in [-0.1, -0.05) is 235 Å². The molecular formula is C87H121Br5Cl4F3LiN4O23PdSSi. The molecule has 7 aromatic rings. The first kappa shape index (κ1) is 142. The number of methoxy groups -OCH3 is 5. The third-order valence-corrected chi connectivity index (χ3v) is 21.1. The van der Waals surface area contributed by atoms with E-state index in [4.69, 9.17) is 108 Å². The number of nitrogens with one attached hydrogen (secondary N) is 1. The number of esters is 4. The maximum Gasteiger partial charge on any atom is 1.00 e. The molecule has 3 aliphatic heterocycles. The molecule has 3 aliphatic rings. The van der Waals surface area contributed by atoms with Crippen molar-refractivity contribution in [2.24, 2.45) is 17.8 Å². The number of aliphatic hydroxyl groups is 2. The van der Waals surface area contributed by atoms with Gasteiger partial charge in [-0.2, -0.15) is 21.6 Å². The number of nitrogens with zero attached hydrogens (tertiary/aromatic N) is 3. The van der Waals surface area contributed by atoms with Crippen LogP contribution in [0.25, 0.3) is 12.2 Å². The number of carboxylic acids is 1. The number of halogens is 12. The third kappa shape index (κ3) is 66.1. The number of hydrogen-bond donors (Lipinski definition) is 6. The molecule has 0 spiro atoms. The molecular weight excluding hydrogens is 2240 g/mol. The zero-order chi connectivity index (χ0) is 94.1. The van der Waals surface area contributed by atoms with Gasteiger partial charge in [0, 0.05) is 146 Å². The van der Waals surface area contributed by atoms with Crippen LogP contribution in [0.1, 0.15) is 92.3 Å². The van der Waals surface area contributed by atoms with Crippen LogP contribution in [0.3, 0.4) is 0 Å². The number of ether oxygens (including phenoxy) is 6. The summed E-state index contributed by atoms with van der Waals surface area (Å²) in [7, 11) is 3.45. The van der Waals surface area contributed by atoms with Crippen molar-refractivity contribution in [2.45, 2.75) is 97.9 Å². The molecule has 130 heavy (non-hydrogen) atoms. The zero-order valence-corrected chi connectivity index (χ0v) is 87.2. The van der Waals surface area contributed by atoms with Gasteiger partial charge in [0.1, 0.15) is 13.8 Å². The molecule has 3 heterocycles. The van der Waals surface area contributed by atoms with E-state index in [9.17, 15) is 41.9 Å². The number of aldehydes is 1. The number of aliphatic hydroxyl groups excluding tert-OH is 2. The normalized spacial score (nSPS) is 15.2. The smallest absolute Gasteiger partial charge is 0.870 e. The zero-order valence-electron chi connectivity index (χ0n) is 72.9. The molecule has 0 unspecified atom stereocenters. The number of benzene rings is 7. The van der Waals surface area contributed by atoms with Crippen molar-refractivity contribution in [3.8, 4) is 0 Å². The van der Waals surface area contributed by atoms with Gasteiger partial charge >= 0.3 is 71.4 Å². The molecule has 27 nitrogen and oxygen atoms in total. The van der Waals surface area contributed by atoms with Crippen molar-refractivity contribution in [2.75, 3.05) is 106 Å². The molecule has 0 aromatic heterocycles. The van der Waals surface area contributed by atoms with E-state index >= 15 is 0 Å². The van der Waals surface area contributed by atoms with E-state index in [0.717, 1.165) is 98.8 Å². The Hall–Kier alpha value is -5.35. The fraction of sp³-hybridized carbons (Fsp3) is 0.391. The predicted octanol–water partition coefficient (Wildman–Crippen LogP) is 16.0. The second-order valence-corrected chi connectivity index (χ2v) is 39.4. The Morgan fingerprint density at radius 1 is 0.538 bits per heavy atom. The predicted molar refractivity (Wildman–Crippen MR) is 521 cm³/mol. The van der Waals surface area contributed by atoms with Crippen LogP contribution in [0.4, 0.5) is 18.0 Å². The number of amides is 1. The summed E-state index contributed by atoms with van der Waals surface area (Å²) in [5.74, 6) is -2.13. The van der Waals surface area contributed by atoms with Gasteiger partial charge < -0.3 is 70.4 Å². The van der Waals surface area contributed by atoms with E-state index in [0.29, 0.717) is 19.6 Å². The first-order valence-corrected chi connectivity index (χ1v) is 47.7. The summed E-state index contributed by atoms with van der Waals surface area (Å²) in [5, 5.41) is 26.0. The molecule has 6 atom stereocenters. The van der Waals surface area contributed by atoms with Gasteiger partial charge in [-0.3, -0.25) is 37.7 Å². The Kier molecular flexibility index (Phi) is 87.5. The van der Waals surface area contributed by atoms with Crippen molar-refractivity contribution in [3.63, 3.8) is 0 Å². The molecule has 3 fully saturated rings. The van der Waals surface area contributed by atoms with E-state index in [1.165, 1.54) is 56.8 Å². The first-order chi connectivity index (χ1) is 57.9. The Balaban J connectivity index is -0.000000185. The van der Waals surface area contributed by atoms with Crippen LogP contribution >= 0.6 is 126 Å². The molecule has 1 amide bonds. The topological polar surface area (TPSA) is 425 Å². The fourth-order valence-electron chi connectivity index (χ4n) is 11.3. The third-order valence-electron chi connectivity index (χ3n) is 16.5. The number of carboxylic acid groups (broad SMARTS) is 1. The summed E-state index contributed by atoms with van der Waals surface area (Å²) in [6, 6.07) is 60.1. The molecule has 3 saturated heterocycles. The number of hydrogen-bond acceptors (Lipinski definition) is 21. The second-order valence-electron chi connectivity index (χ2n) is 27.3. The van der Waals surface area contributed by atoms with E-state index in [1.807, 2.05) is 124 Å². The van der Waals surface area contributed by atoms with Crippen LogP contribution < -0.4 is 24.2 Å². The molecule has 0 radical (unpaired) electrons. The summed E-state index contributed by atoms with van der Waals surface area (Å²) in [4.78, 5) is 81.8. The summed E-state index contributed by atoms with van der Waals surface area (Å²) in [5.41, 5.74) is 7.25. The average Bonchev–Trinajstić information content (AvgIpc) is 1.66. The molecule has 11 N–H and O–H groups in total. The molecule has 43 heteroatoms. The van der Waals surface area contributed by atoms with E-state index < -0.39 is 48.8 Å². The number of alkyl halides is 7. The summed E-state index contributed by atoms with van der Waals surface area (Å²) in [6.07, 6.45) is -0.343. The summed E-state index contributed by atoms with van der Waals surface area (Å²) in [6.45, 7) is 18.9. The number of rotatable bonds is 17. The average molecular weight is 2360 g/mol. The van der Waals surface area contributed by atoms with Gasteiger partial charge in [-0.05, 0) is 133 Å². The van der Waals surface area contributed by atoms with Crippen molar-refractivity contribution < 1.29 is 164 Å². The van der Waals surface area contributed by atoms with Gasteiger partial charge in [0.15, 0.2) is 0 Å². The Bertz CT molecular complexity index is 4400. The van der Waals surface area contributed by atoms with Gasteiger partial charge in [0.2, 0.25) is 6.29 Å². The monoisotopic (exact) mass is 2350 g/mol. The van der Waals surface area contributed by atoms with Gasteiger partial charge in [0.25, 0.3) is 0 Å². The Labute approximate surface area is 852 Å². The van der Waals surface area contributed by atoms with E-state index in [2.05, 4.69) is 198 Å².